The van der Waals surface area contributed by atoms with Gasteiger partial charge in [-0.15, -0.1) is 12.4 Å². The first-order chi connectivity index (χ1) is 10.5. The van der Waals surface area contributed by atoms with Crippen molar-refractivity contribution in [1.29, 1.82) is 0 Å². The lowest BCUT2D eigenvalue weighted by molar-refractivity contribution is -0.119. The van der Waals surface area contributed by atoms with Crippen molar-refractivity contribution in [2.45, 2.75) is 5.92 Å². The summed E-state index contributed by atoms with van der Waals surface area (Å²) >= 11 is 3.12. The fourth-order valence-corrected chi connectivity index (χ4v) is 3.12. The quantitative estimate of drug-likeness (QED) is 0.828. The number of aryl methyl sites for hydroxylation is 1. The Bertz CT molecular complexity index is 709. The van der Waals surface area contributed by atoms with Crippen molar-refractivity contribution in [1.82, 2.24) is 15.1 Å². The SMILES string of the molecule is Cl.Cn1cc([C@H]2CNC[C@@H]2C(=O)Nc2ccc(F)c(Br)c2)cn1. The Morgan fingerprint density at radius 3 is 2.91 bits per heavy atom. The lowest BCUT2D eigenvalue weighted by atomic mass is 9.90. The zero-order valence-corrected chi connectivity index (χ0v) is 14.8. The Kier molecular flexibility index (Phi) is 5.78. The summed E-state index contributed by atoms with van der Waals surface area (Å²) < 4.78 is 15.3. The van der Waals surface area contributed by atoms with Crippen LogP contribution in [0.5, 0.6) is 0 Å². The molecule has 8 heteroatoms. The highest BCUT2D eigenvalue weighted by molar-refractivity contribution is 9.10. The summed E-state index contributed by atoms with van der Waals surface area (Å²) in [4.78, 5) is 12.5. The molecule has 0 aliphatic carbocycles. The summed E-state index contributed by atoms with van der Waals surface area (Å²) in [6.45, 7) is 1.37. The molecule has 1 aromatic heterocycles. The van der Waals surface area contributed by atoms with Crippen LogP contribution in [0.1, 0.15) is 11.5 Å². The first-order valence-electron chi connectivity index (χ1n) is 7.00. The van der Waals surface area contributed by atoms with E-state index in [9.17, 15) is 9.18 Å². The van der Waals surface area contributed by atoms with E-state index >= 15 is 0 Å². The van der Waals surface area contributed by atoms with Crippen LogP contribution in [-0.4, -0.2) is 28.8 Å². The van der Waals surface area contributed by atoms with Crippen molar-refractivity contribution < 1.29 is 9.18 Å². The van der Waals surface area contributed by atoms with E-state index in [1.165, 1.54) is 6.07 Å². The first kappa shape index (κ1) is 17.9. The van der Waals surface area contributed by atoms with Gasteiger partial charge in [-0.05, 0) is 39.7 Å². The Labute approximate surface area is 148 Å². The molecule has 2 N–H and O–H groups in total. The molecule has 2 aromatic rings. The second-order valence-corrected chi connectivity index (χ2v) is 6.29. The predicted molar refractivity (Wildman–Crippen MR) is 92.3 cm³/mol. The normalized spacial score (nSPS) is 20.1. The van der Waals surface area contributed by atoms with E-state index in [1.54, 1.807) is 23.0 Å². The third-order valence-corrected chi connectivity index (χ3v) is 4.50. The highest BCUT2D eigenvalue weighted by atomic mass is 79.9. The standard InChI is InChI=1S/C15H16BrFN4O.ClH/c1-21-8-9(5-19-21)11-6-18-7-12(11)15(22)20-10-2-3-14(17)13(16)4-10;/h2-5,8,11-12,18H,6-7H2,1H3,(H,20,22);1H/t11-,12+;/m1./s1. The predicted octanol–water partition coefficient (Wildman–Crippen LogP) is 2.69. The number of carbonyl (C=O) groups excluding carboxylic acids is 1. The number of hydrogen-bond donors (Lipinski definition) is 2. The van der Waals surface area contributed by atoms with E-state index in [1.807, 2.05) is 13.2 Å². The van der Waals surface area contributed by atoms with Crippen molar-refractivity contribution in [2.24, 2.45) is 13.0 Å². The summed E-state index contributed by atoms with van der Waals surface area (Å²) in [6, 6.07) is 4.44. The largest absolute Gasteiger partial charge is 0.326 e. The molecule has 23 heavy (non-hydrogen) atoms. The molecule has 5 nitrogen and oxygen atoms in total. The maximum Gasteiger partial charge on any atom is 0.229 e. The van der Waals surface area contributed by atoms with Crippen LogP contribution in [0.25, 0.3) is 0 Å². The average molecular weight is 404 g/mol. The minimum Gasteiger partial charge on any atom is -0.326 e. The van der Waals surface area contributed by atoms with Crippen LogP contribution in [0.3, 0.4) is 0 Å². The number of nitrogens with one attached hydrogen (secondary N) is 2. The summed E-state index contributed by atoms with van der Waals surface area (Å²) in [5.41, 5.74) is 1.63. The molecule has 1 fully saturated rings. The lowest BCUT2D eigenvalue weighted by Crippen LogP contribution is -2.28. The van der Waals surface area contributed by atoms with E-state index in [-0.39, 0.29) is 36.0 Å². The molecule has 1 aliphatic heterocycles. The number of hydrogen-bond acceptors (Lipinski definition) is 3. The van der Waals surface area contributed by atoms with Gasteiger partial charge in [-0.1, -0.05) is 0 Å². The number of carbonyl (C=O) groups is 1. The van der Waals surface area contributed by atoms with Gasteiger partial charge in [0.25, 0.3) is 0 Å². The van der Waals surface area contributed by atoms with E-state index < -0.39 is 0 Å². The molecule has 1 aliphatic rings. The van der Waals surface area contributed by atoms with Gasteiger partial charge in [-0.2, -0.15) is 5.10 Å². The molecule has 1 aromatic carbocycles. The second-order valence-electron chi connectivity index (χ2n) is 5.44. The molecular formula is C15H17BrClFN4O. The van der Waals surface area contributed by atoms with Gasteiger partial charge in [0.2, 0.25) is 5.91 Å². The molecule has 0 unspecified atom stereocenters. The second kappa shape index (κ2) is 7.42. The van der Waals surface area contributed by atoms with Crippen LogP contribution >= 0.6 is 28.3 Å². The number of halogens is 3. The van der Waals surface area contributed by atoms with Crippen LogP contribution in [0, 0.1) is 11.7 Å². The molecule has 0 spiro atoms. The number of aromatic nitrogens is 2. The van der Waals surface area contributed by atoms with Gasteiger partial charge in [-0.3, -0.25) is 9.48 Å². The van der Waals surface area contributed by atoms with Gasteiger partial charge in [-0.25, -0.2) is 4.39 Å². The average Bonchev–Trinajstić information content (AvgIpc) is 3.11. The zero-order valence-electron chi connectivity index (χ0n) is 12.4. The molecular weight excluding hydrogens is 387 g/mol. The zero-order chi connectivity index (χ0) is 15.7. The van der Waals surface area contributed by atoms with Crippen molar-refractivity contribution in [3.63, 3.8) is 0 Å². The van der Waals surface area contributed by atoms with E-state index in [4.69, 9.17) is 0 Å². The third-order valence-electron chi connectivity index (χ3n) is 3.89. The summed E-state index contributed by atoms with van der Waals surface area (Å²) in [6.07, 6.45) is 3.73. The maximum absolute atomic E-state index is 13.2. The number of nitrogens with zero attached hydrogens (tertiary/aromatic N) is 2. The van der Waals surface area contributed by atoms with Crippen molar-refractivity contribution >= 4 is 39.9 Å². The molecule has 2 atom stereocenters. The Morgan fingerprint density at radius 2 is 2.26 bits per heavy atom. The topological polar surface area (TPSA) is 59.0 Å². The summed E-state index contributed by atoms with van der Waals surface area (Å²) in [7, 11) is 1.86. The fourth-order valence-electron chi connectivity index (χ4n) is 2.74. The fraction of sp³-hybridized carbons (Fsp3) is 0.333. The molecule has 1 saturated heterocycles. The summed E-state index contributed by atoms with van der Waals surface area (Å²) in [5, 5.41) is 10.3. The highest BCUT2D eigenvalue weighted by Gasteiger charge is 2.34. The smallest absolute Gasteiger partial charge is 0.229 e. The number of amides is 1. The van der Waals surface area contributed by atoms with Crippen LogP contribution in [-0.2, 0) is 11.8 Å². The first-order valence-corrected chi connectivity index (χ1v) is 7.79. The Hall–Kier alpha value is -1.44. The molecule has 2 heterocycles. The Morgan fingerprint density at radius 1 is 1.48 bits per heavy atom. The lowest BCUT2D eigenvalue weighted by Gasteiger charge is -2.17. The van der Waals surface area contributed by atoms with Gasteiger partial charge < -0.3 is 10.6 Å². The molecule has 3 rings (SSSR count). The van der Waals surface area contributed by atoms with Gasteiger partial charge in [0.15, 0.2) is 0 Å². The van der Waals surface area contributed by atoms with E-state index in [0.717, 1.165) is 12.1 Å². The number of rotatable bonds is 3. The monoisotopic (exact) mass is 402 g/mol. The van der Waals surface area contributed by atoms with Crippen molar-refractivity contribution in [2.75, 3.05) is 18.4 Å². The van der Waals surface area contributed by atoms with E-state index in [2.05, 4.69) is 31.7 Å². The molecule has 1 amide bonds. The molecule has 0 radical (unpaired) electrons. The van der Waals surface area contributed by atoms with Crippen LogP contribution in [0.15, 0.2) is 35.1 Å². The van der Waals surface area contributed by atoms with Gasteiger partial charge in [0.05, 0.1) is 16.6 Å². The van der Waals surface area contributed by atoms with Crippen molar-refractivity contribution in [3.05, 3.63) is 46.4 Å². The minimum atomic E-state index is -0.353. The number of benzene rings is 1. The van der Waals surface area contributed by atoms with Crippen LogP contribution < -0.4 is 10.6 Å². The molecule has 0 bridgehead atoms. The summed E-state index contributed by atoms with van der Waals surface area (Å²) in [5.74, 6) is -0.503. The molecule has 124 valence electrons. The van der Waals surface area contributed by atoms with Gasteiger partial charge in [0.1, 0.15) is 5.82 Å². The Balaban J connectivity index is 0.00000192. The van der Waals surface area contributed by atoms with Gasteiger partial charge in [0, 0.05) is 37.9 Å². The van der Waals surface area contributed by atoms with Crippen LogP contribution in [0.4, 0.5) is 10.1 Å². The third kappa shape index (κ3) is 3.91. The van der Waals surface area contributed by atoms with Gasteiger partial charge >= 0.3 is 0 Å². The van der Waals surface area contributed by atoms with Crippen LogP contribution in [0.2, 0.25) is 0 Å². The minimum absolute atomic E-state index is 0. The maximum atomic E-state index is 13.2. The number of anilines is 1. The van der Waals surface area contributed by atoms with Crippen molar-refractivity contribution in [3.8, 4) is 0 Å². The highest BCUT2D eigenvalue weighted by Crippen LogP contribution is 2.29. The molecule has 0 saturated carbocycles. The van der Waals surface area contributed by atoms with E-state index in [0.29, 0.717) is 16.7 Å².